The molecular weight excluding hydrogens is 1200 g/mol. The van der Waals surface area contributed by atoms with E-state index < -0.39 is 97.5 Å². The molecule has 0 rings (SSSR count). The Balaban J connectivity index is 5.28. The summed E-state index contributed by atoms with van der Waals surface area (Å²) in [5.41, 5.74) is 0. The lowest BCUT2D eigenvalue weighted by atomic mass is 10.0. The van der Waals surface area contributed by atoms with Gasteiger partial charge in [0.05, 0.1) is 26.4 Å². The van der Waals surface area contributed by atoms with E-state index >= 15 is 0 Å². The molecule has 19 heteroatoms. The first-order valence-corrected chi connectivity index (χ1v) is 39.9. The molecule has 2 unspecified atom stereocenters. The third kappa shape index (κ3) is 66.0. The highest BCUT2D eigenvalue weighted by Gasteiger charge is 2.30. The van der Waals surface area contributed by atoms with Gasteiger partial charge in [-0.05, 0) is 57.3 Å². The number of hydrogen-bond acceptors (Lipinski definition) is 15. The van der Waals surface area contributed by atoms with Gasteiger partial charge in [-0.3, -0.25) is 37.3 Å². The van der Waals surface area contributed by atoms with E-state index in [1.54, 1.807) is 0 Å². The minimum Gasteiger partial charge on any atom is -0.462 e. The van der Waals surface area contributed by atoms with Gasteiger partial charge in [-0.15, -0.1) is 0 Å². The van der Waals surface area contributed by atoms with E-state index in [0.717, 1.165) is 109 Å². The van der Waals surface area contributed by atoms with Crippen molar-refractivity contribution in [3.63, 3.8) is 0 Å². The second kappa shape index (κ2) is 64.9. The number of allylic oxidation sites excluding steroid dienone is 4. The first-order chi connectivity index (χ1) is 44.0. The number of hydrogen-bond donors (Lipinski definition) is 3. The molecule has 0 heterocycles. The molecule has 0 saturated carbocycles. The van der Waals surface area contributed by atoms with Crippen molar-refractivity contribution in [3.05, 3.63) is 24.3 Å². The lowest BCUT2D eigenvalue weighted by molar-refractivity contribution is -0.161. The molecular formula is C72H136O17P2. The van der Waals surface area contributed by atoms with Crippen molar-refractivity contribution in [3.8, 4) is 0 Å². The lowest BCUT2D eigenvalue weighted by Crippen LogP contribution is -2.30. The number of carbonyl (C=O) groups is 4. The van der Waals surface area contributed by atoms with Crippen LogP contribution in [0.25, 0.3) is 0 Å². The van der Waals surface area contributed by atoms with E-state index in [4.69, 9.17) is 37.0 Å². The summed E-state index contributed by atoms with van der Waals surface area (Å²) in [5.74, 6) is -1.40. The van der Waals surface area contributed by atoms with Gasteiger partial charge in [0.1, 0.15) is 19.3 Å². The number of phosphoric ester groups is 2. The van der Waals surface area contributed by atoms with Gasteiger partial charge in [0.25, 0.3) is 0 Å². The van der Waals surface area contributed by atoms with Crippen molar-refractivity contribution in [2.24, 2.45) is 5.92 Å². The van der Waals surface area contributed by atoms with Crippen molar-refractivity contribution in [2.75, 3.05) is 39.6 Å². The van der Waals surface area contributed by atoms with Gasteiger partial charge in [0, 0.05) is 25.7 Å². The van der Waals surface area contributed by atoms with E-state index in [1.807, 2.05) is 0 Å². The molecule has 0 radical (unpaired) electrons. The molecule has 0 aliphatic heterocycles. The van der Waals surface area contributed by atoms with E-state index in [2.05, 4.69) is 58.9 Å². The van der Waals surface area contributed by atoms with Crippen molar-refractivity contribution in [1.29, 1.82) is 0 Å². The van der Waals surface area contributed by atoms with Crippen LogP contribution in [0.1, 0.15) is 349 Å². The van der Waals surface area contributed by atoms with Gasteiger partial charge in [-0.2, -0.15) is 0 Å². The average molecular weight is 1340 g/mol. The third-order valence-corrected chi connectivity index (χ3v) is 18.1. The van der Waals surface area contributed by atoms with Gasteiger partial charge in [-0.1, -0.05) is 296 Å². The Labute approximate surface area is 554 Å². The number of ether oxygens (including phenoxy) is 4. The van der Waals surface area contributed by atoms with Crippen molar-refractivity contribution in [2.45, 2.75) is 368 Å². The smallest absolute Gasteiger partial charge is 0.462 e. The fourth-order valence-electron chi connectivity index (χ4n) is 10.5. The standard InChI is InChI=1S/C72H136O17P2/c1-6-9-12-15-18-21-23-25-27-29-31-37-42-47-52-57-71(76)88-68(62-83-70(75)56-51-46-41-36-30-28-26-24-22-19-16-13-10-7-2)64-87-91(80,81)85-60-66(73)59-84-90(78,79)86-63-67(61-82-69(74)55-50-45-40-34-20-17-14-11-8-3)89-72(77)58-53-48-43-38-33-32-35-39-44-49-54-65(4)5/h21,23,25,27,65-68,73H,6-20,22,24,26,28-64H2,1-5H3,(H,78,79)(H,80,81)/b23-21-,27-25-/t66-,67+,68+/m0/s1. The highest BCUT2D eigenvalue weighted by Crippen LogP contribution is 2.45. The summed E-state index contributed by atoms with van der Waals surface area (Å²) < 4.78 is 68.3. The zero-order valence-corrected chi connectivity index (χ0v) is 60.3. The molecule has 0 amide bonds. The molecule has 0 bridgehead atoms. The van der Waals surface area contributed by atoms with Crippen LogP contribution in [0.5, 0.6) is 0 Å². The molecule has 0 aliphatic rings. The van der Waals surface area contributed by atoms with Crippen molar-refractivity contribution < 1.29 is 80.2 Å². The summed E-state index contributed by atoms with van der Waals surface area (Å²) >= 11 is 0. The zero-order valence-electron chi connectivity index (χ0n) is 58.5. The monoisotopic (exact) mass is 1330 g/mol. The van der Waals surface area contributed by atoms with Crippen LogP contribution in [-0.4, -0.2) is 96.7 Å². The van der Waals surface area contributed by atoms with Gasteiger partial charge in [-0.25, -0.2) is 9.13 Å². The fraction of sp³-hybridized carbons (Fsp3) is 0.889. The summed E-state index contributed by atoms with van der Waals surface area (Å²) in [6.45, 7) is 7.17. The zero-order chi connectivity index (χ0) is 67.0. The normalized spacial score (nSPS) is 14.2. The Kier molecular flexibility index (Phi) is 63.1. The maximum absolute atomic E-state index is 13.0. The van der Waals surface area contributed by atoms with Crippen LogP contribution in [0.2, 0.25) is 0 Å². The second-order valence-corrected chi connectivity index (χ2v) is 28.7. The number of esters is 4. The van der Waals surface area contributed by atoms with Crippen LogP contribution < -0.4 is 0 Å². The highest BCUT2D eigenvalue weighted by atomic mass is 31.2. The Morgan fingerprint density at radius 1 is 0.341 bits per heavy atom. The number of aliphatic hydroxyl groups excluding tert-OH is 1. The summed E-state index contributed by atoms with van der Waals surface area (Å²) in [6, 6.07) is 0. The van der Waals surface area contributed by atoms with Crippen LogP contribution in [0, 0.1) is 5.92 Å². The van der Waals surface area contributed by atoms with Gasteiger partial charge in [0.2, 0.25) is 0 Å². The molecule has 0 spiro atoms. The fourth-order valence-corrected chi connectivity index (χ4v) is 12.0. The van der Waals surface area contributed by atoms with Crippen LogP contribution in [0.4, 0.5) is 0 Å². The van der Waals surface area contributed by atoms with E-state index in [-0.39, 0.29) is 25.7 Å². The maximum Gasteiger partial charge on any atom is 0.472 e. The molecule has 91 heavy (non-hydrogen) atoms. The Bertz CT molecular complexity index is 1850. The summed E-state index contributed by atoms with van der Waals surface area (Å²) in [7, 11) is -9.91. The van der Waals surface area contributed by atoms with Crippen LogP contribution in [0.15, 0.2) is 24.3 Å². The van der Waals surface area contributed by atoms with Crippen LogP contribution in [0.3, 0.4) is 0 Å². The highest BCUT2D eigenvalue weighted by molar-refractivity contribution is 7.47. The first-order valence-electron chi connectivity index (χ1n) is 37.0. The van der Waals surface area contributed by atoms with Crippen molar-refractivity contribution in [1.82, 2.24) is 0 Å². The molecule has 3 N–H and O–H groups in total. The first kappa shape index (κ1) is 88.5. The third-order valence-electron chi connectivity index (χ3n) is 16.2. The van der Waals surface area contributed by atoms with E-state index in [1.165, 1.54) is 161 Å². The largest absolute Gasteiger partial charge is 0.472 e. The molecule has 0 fully saturated rings. The van der Waals surface area contributed by atoms with Gasteiger partial charge >= 0.3 is 39.5 Å². The molecule has 17 nitrogen and oxygen atoms in total. The van der Waals surface area contributed by atoms with Crippen molar-refractivity contribution >= 4 is 39.5 Å². The molecule has 0 aromatic carbocycles. The Morgan fingerprint density at radius 3 is 0.901 bits per heavy atom. The van der Waals surface area contributed by atoms with Gasteiger partial charge in [0.15, 0.2) is 12.2 Å². The molecule has 0 aliphatic carbocycles. The Hall–Kier alpha value is -2.46. The predicted molar refractivity (Wildman–Crippen MR) is 368 cm³/mol. The van der Waals surface area contributed by atoms with E-state index in [9.17, 15) is 43.2 Å². The molecule has 5 atom stereocenters. The van der Waals surface area contributed by atoms with Crippen LogP contribution >= 0.6 is 15.6 Å². The topological polar surface area (TPSA) is 237 Å². The second-order valence-electron chi connectivity index (χ2n) is 25.8. The maximum atomic E-state index is 13.0. The minimum absolute atomic E-state index is 0.0856. The van der Waals surface area contributed by atoms with Gasteiger partial charge < -0.3 is 33.8 Å². The summed E-state index contributed by atoms with van der Waals surface area (Å²) in [6.07, 6.45) is 54.8. The number of rotatable bonds is 70. The summed E-state index contributed by atoms with van der Waals surface area (Å²) in [5, 5.41) is 10.6. The molecule has 536 valence electrons. The number of phosphoric acid groups is 2. The number of aliphatic hydroxyl groups is 1. The molecule has 0 saturated heterocycles. The average Bonchev–Trinajstić information content (AvgIpc) is 2.94. The quantitative estimate of drug-likeness (QED) is 0.0169. The molecule has 0 aromatic heterocycles. The van der Waals surface area contributed by atoms with E-state index in [0.29, 0.717) is 25.7 Å². The SMILES string of the molecule is CCCCCC/C=C\C=C/CCCCCCCC(=O)O[C@H](COC(=O)CCCCCCCCCCCCCCCC)COP(=O)(O)OC[C@@H](O)COP(=O)(O)OC[C@@H](COC(=O)CCCCCCCCCCC)OC(=O)CCCCCCCCCCCCC(C)C. The number of carbonyl (C=O) groups excluding carboxylic acids is 4. The minimum atomic E-state index is -4.96. The predicted octanol–water partition coefficient (Wildman–Crippen LogP) is 20.5. The Morgan fingerprint density at radius 2 is 0.593 bits per heavy atom. The van der Waals surface area contributed by atoms with Crippen LogP contribution in [-0.2, 0) is 65.4 Å². The molecule has 0 aromatic rings. The summed E-state index contributed by atoms with van der Waals surface area (Å²) in [4.78, 5) is 72.6. The lowest BCUT2D eigenvalue weighted by Gasteiger charge is -2.21. The number of unbranched alkanes of at least 4 members (excludes halogenated alkanes) is 39.